The van der Waals surface area contributed by atoms with Gasteiger partial charge in [0.25, 0.3) is 0 Å². The minimum Gasteiger partial charge on any atom is -0.219 e. The standard InChI is InChI=1S/C17H22O2S/c1-5-9-13-16(12-8-4)20(18,19)17(14-10-6-2)15-11-7-3/h5-15H,2H2,1,3-4H3/b9-5-,11-7-,12-8-,14-10-,16-13+,17-15+. The molecular formula is C17H22O2S. The van der Waals surface area contributed by atoms with Crippen LogP contribution in [0.1, 0.15) is 20.8 Å². The van der Waals surface area contributed by atoms with Crippen molar-refractivity contribution in [1.82, 2.24) is 0 Å². The van der Waals surface area contributed by atoms with Crippen LogP contribution in [0.4, 0.5) is 0 Å². The van der Waals surface area contributed by atoms with Gasteiger partial charge in [-0.15, -0.1) is 0 Å². The van der Waals surface area contributed by atoms with E-state index in [1.165, 1.54) is 6.08 Å². The average Bonchev–Trinajstić information content (AvgIpc) is 2.43. The molecule has 0 aliphatic rings. The fraction of sp³-hybridized carbons (Fsp3) is 0.176. The van der Waals surface area contributed by atoms with Gasteiger partial charge in [-0.2, -0.15) is 0 Å². The normalized spacial score (nSPS) is 15.2. The van der Waals surface area contributed by atoms with Gasteiger partial charge < -0.3 is 0 Å². The lowest BCUT2D eigenvalue weighted by atomic mass is 10.4. The third-order valence-electron chi connectivity index (χ3n) is 2.25. The minimum absolute atomic E-state index is 0.226. The van der Waals surface area contributed by atoms with Crippen molar-refractivity contribution in [2.45, 2.75) is 20.8 Å². The zero-order valence-electron chi connectivity index (χ0n) is 12.3. The van der Waals surface area contributed by atoms with Crippen molar-refractivity contribution in [3.05, 3.63) is 83.2 Å². The summed E-state index contributed by atoms with van der Waals surface area (Å²) in [6.07, 6.45) is 18.1. The van der Waals surface area contributed by atoms with E-state index in [0.29, 0.717) is 0 Å². The fourth-order valence-corrected chi connectivity index (χ4v) is 2.68. The molecule has 0 saturated carbocycles. The number of allylic oxidation sites excluding steroid dienone is 11. The van der Waals surface area contributed by atoms with Crippen molar-refractivity contribution in [2.75, 3.05) is 0 Å². The van der Waals surface area contributed by atoms with Gasteiger partial charge in [0.15, 0.2) is 0 Å². The molecule has 0 aromatic rings. The lowest BCUT2D eigenvalue weighted by molar-refractivity contribution is 0.609. The summed E-state index contributed by atoms with van der Waals surface area (Å²) in [5, 5.41) is 0. The Hall–Kier alpha value is -1.87. The molecule has 0 aliphatic carbocycles. The molecule has 0 atom stereocenters. The van der Waals surface area contributed by atoms with Crippen LogP contribution in [0.3, 0.4) is 0 Å². The maximum Gasteiger partial charge on any atom is 0.206 e. The van der Waals surface area contributed by atoms with Crippen LogP contribution in [0.2, 0.25) is 0 Å². The summed E-state index contributed by atoms with van der Waals surface area (Å²) in [7, 11) is -3.54. The van der Waals surface area contributed by atoms with Crippen molar-refractivity contribution in [2.24, 2.45) is 0 Å². The maximum atomic E-state index is 12.6. The molecule has 0 saturated heterocycles. The van der Waals surface area contributed by atoms with Gasteiger partial charge in [-0.1, -0.05) is 49.1 Å². The molecule has 0 spiro atoms. The fourth-order valence-electron chi connectivity index (χ4n) is 1.31. The molecule has 0 rings (SSSR count). The summed E-state index contributed by atoms with van der Waals surface area (Å²) in [6, 6.07) is 0. The Morgan fingerprint density at radius 1 is 0.800 bits per heavy atom. The Bertz CT molecular complexity index is 580. The second kappa shape index (κ2) is 9.98. The third-order valence-corrected chi connectivity index (χ3v) is 4.04. The number of sulfone groups is 1. The van der Waals surface area contributed by atoms with Gasteiger partial charge in [0.1, 0.15) is 0 Å². The molecule has 0 aromatic carbocycles. The third kappa shape index (κ3) is 5.85. The molecule has 0 N–H and O–H groups in total. The molecule has 0 fully saturated rings. The van der Waals surface area contributed by atoms with Gasteiger partial charge in [-0.25, -0.2) is 8.42 Å². The second-order valence-electron chi connectivity index (χ2n) is 3.79. The summed E-state index contributed by atoms with van der Waals surface area (Å²) < 4.78 is 25.2. The predicted molar refractivity (Wildman–Crippen MR) is 88.9 cm³/mol. The Labute approximate surface area is 122 Å². The van der Waals surface area contributed by atoms with Crippen LogP contribution < -0.4 is 0 Å². The van der Waals surface area contributed by atoms with Crippen LogP contribution in [0.25, 0.3) is 0 Å². The first kappa shape index (κ1) is 18.1. The molecule has 0 amide bonds. The smallest absolute Gasteiger partial charge is 0.206 e. The van der Waals surface area contributed by atoms with Gasteiger partial charge >= 0.3 is 0 Å². The monoisotopic (exact) mass is 290 g/mol. The highest BCUT2D eigenvalue weighted by molar-refractivity contribution is 7.99. The van der Waals surface area contributed by atoms with Crippen LogP contribution in [-0.2, 0) is 9.84 Å². The molecule has 0 heterocycles. The number of hydrogen-bond donors (Lipinski definition) is 0. The molecule has 2 nitrogen and oxygen atoms in total. The highest BCUT2D eigenvalue weighted by atomic mass is 32.2. The summed E-state index contributed by atoms with van der Waals surface area (Å²) >= 11 is 0. The summed E-state index contributed by atoms with van der Waals surface area (Å²) in [5.41, 5.74) is 0. The van der Waals surface area contributed by atoms with E-state index in [9.17, 15) is 8.42 Å². The highest BCUT2D eigenvalue weighted by Gasteiger charge is 2.18. The van der Waals surface area contributed by atoms with E-state index in [2.05, 4.69) is 6.58 Å². The topological polar surface area (TPSA) is 34.1 Å². The zero-order chi connectivity index (χ0) is 15.4. The summed E-state index contributed by atoms with van der Waals surface area (Å²) in [6.45, 7) is 9.02. The molecule has 0 bridgehead atoms. The molecule has 0 aromatic heterocycles. The summed E-state index contributed by atoms with van der Waals surface area (Å²) in [4.78, 5) is 0.479. The van der Waals surface area contributed by atoms with E-state index in [-0.39, 0.29) is 9.81 Å². The van der Waals surface area contributed by atoms with Crippen LogP contribution in [0, 0.1) is 0 Å². The van der Waals surface area contributed by atoms with E-state index in [1.807, 2.05) is 13.8 Å². The minimum atomic E-state index is -3.54. The molecule has 0 radical (unpaired) electrons. The van der Waals surface area contributed by atoms with Crippen molar-refractivity contribution in [3.8, 4) is 0 Å². The van der Waals surface area contributed by atoms with Gasteiger partial charge in [0, 0.05) is 0 Å². The van der Waals surface area contributed by atoms with Gasteiger partial charge in [-0.3, -0.25) is 0 Å². The van der Waals surface area contributed by atoms with Crippen LogP contribution >= 0.6 is 0 Å². The van der Waals surface area contributed by atoms with Crippen LogP contribution in [-0.4, -0.2) is 8.42 Å². The molecule has 0 unspecified atom stereocenters. The van der Waals surface area contributed by atoms with E-state index in [1.54, 1.807) is 67.7 Å². The van der Waals surface area contributed by atoms with Crippen molar-refractivity contribution >= 4 is 9.84 Å². The quantitative estimate of drug-likeness (QED) is 0.640. The Balaban J connectivity index is 5.95. The van der Waals surface area contributed by atoms with E-state index < -0.39 is 9.84 Å². The Morgan fingerprint density at radius 3 is 1.70 bits per heavy atom. The van der Waals surface area contributed by atoms with Gasteiger partial charge in [0.05, 0.1) is 9.81 Å². The predicted octanol–water partition coefficient (Wildman–Crippen LogP) is 4.64. The first-order valence-electron chi connectivity index (χ1n) is 6.37. The highest BCUT2D eigenvalue weighted by Crippen LogP contribution is 2.20. The molecule has 20 heavy (non-hydrogen) atoms. The molecular weight excluding hydrogens is 268 g/mol. The van der Waals surface area contributed by atoms with Crippen molar-refractivity contribution in [1.29, 1.82) is 0 Å². The number of hydrogen-bond acceptors (Lipinski definition) is 2. The first-order chi connectivity index (χ1) is 9.54. The molecule has 108 valence electrons. The first-order valence-corrected chi connectivity index (χ1v) is 7.85. The van der Waals surface area contributed by atoms with Gasteiger partial charge in [0.2, 0.25) is 9.84 Å². The Kier molecular flexibility index (Phi) is 9.05. The van der Waals surface area contributed by atoms with Crippen LogP contribution in [0.15, 0.2) is 83.2 Å². The Morgan fingerprint density at radius 2 is 1.30 bits per heavy atom. The lowest BCUT2D eigenvalue weighted by Crippen LogP contribution is -2.04. The van der Waals surface area contributed by atoms with Crippen molar-refractivity contribution < 1.29 is 8.42 Å². The van der Waals surface area contributed by atoms with Crippen LogP contribution in [0.5, 0.6) is 0 Å². The summed E-state index contributed by atoms with van der Waals surface area (Å²) in [5.74, 6) is 0. The van der Waals surface area contributed by atoms with E-state index >= 15 is 0 Å². The maximum absolute atomic E-state index is 12.6. The molecule has 0 aliphatic heterocycles. The lowest BCUT2D eigenvalue weighted by Gasteiger charge is -2.05. The number of rotatable bonds is 7. The van der Waals surface area contributed by atoms with E-state index in [4.69, 9.17) is 0 Å². The SMILES string of the molecule is C=C\C=C/C(=C\C=C/C)S(=O)(=O)C(/C=C\C)=C/C=C\C. The van der Waals surface area contributed by atoms with E-state index in [0.717, 1.165) is 0 Å². The average molecular weight is 290 g/mol. The second-order valence-corrected chi connectivity index (χ2v) is 5.74. The zero-order valence-corrected chi connectivity index (χ0v) is 13.1. The largest absolute Gasteiger partial charge is 0.219 e. The van der Waals surface area contributed by atoms with Gasteiger partial charge in [-0.05, 0) is 45.1 Å². The van der Waals surface area contributed by atoms with Crippen molar-refractivity contribution in [3.63, 3.8) is 0 Å². The molecule has 3 heteroatoms.